The van der Waals surface area contributed by atoms with Crippen molar-refractivity contribution in [1.29, 1.82) is 0 Å². The van der Waals surface area contributed by atoms with Crippen molar-refractivity contribution in [3.63, 3.8) is 0 Å². The standard InChI is InChI=1S/C14H16BrN3O/c15-8-10-7-13(19)18(9-10)6-3-11-1-4-16-14-12(11)2-5-17-14/h1-2,4-5,10H,3,6-9H2,(H,16,17). The number of H-pyrrole nitrogens is 1. The molecular formula is C14H16BrN3O. The van der Waals surface area contributed by atoms with Crippen LogP contribution in [0.25, 0.3) is 11.0 Å². The number of carbonyl (C=O) groups is 1. The van der Waals surface area contributed by atoms with Crippen molar-refractivity contribution in [1.82, 2.24) is 14.9 Å². The maximum Gasteiger partial charge on any atom is 0.222 e. The van der Waals surface area contributed by atoms with Crippen LogP contribution in [0.15, 0.2) is 24.5 Å². The number of alkyl halides is 1. The van der Waals surface area contributed by atoms with Gasteiger partial charge in [-0.1, -0.05) is 15.9 Å². The van der Waals surface area contributed by atoms with Crippen LogP contribution in [0.2, 0.25) is 0 Å². The molecule has 0 radical (unpaired) electrons. The highest BCUT2D eigenvalue weighted by atomic mass is 79.9. The van der Waals surface area contributed by atoms with Gasteiger partial charge in [0, 0.05) is 42.6 Å². The third kappa shape index (κ3) is 2.52. The Morgan fingerprint density at radius 1 is 1.47 bits per heavy atom. The van der Waals surface area contributed by atoms with Crippen LogP contribution in [-0.4, -0.2) is 39.2 Å². The second-order valence-electron chi connectivity index (χ2n) is 5.02. The Morgan fingerprint density at radius 3 is 3.16 bits per heavy atom. The average Bonchev–Trinajstić information content (AvgIpc) is 3.02. The summed E-state index contributed by atoms with van der Waals surface area (Å²) in [4.78, 5) is 21.2. The van der Waals surface area contributed by atoms with Gasteiger partial charge >= 0.3 is 0 Å². The molecule has 1 saturated heterocycles. The Balaban J connectivity index is 1.69. The minimum absolute atomic E-state index is 0.281. The van der Waals surface area contributed by atoms with Crippen LogP contribution in [0.4, 0.5) is 0 Å². The smallest absolute Gasteiger partial charge is 0.222 e. The van der Waals surface area contributed by atoms with E-state index < -0.39 is 0 Å². The fourth-order valence-electron chi connectivity index (χ4n) is 2.66. The molecule has 100 valence electrons. The van der Waals surface area contributed by atoms with E-state index in [-0.39, 0.29) is 5.91 Å². The van der Waals surface area contributed by atoms with E-state index in [0.717, 1.165) is 35.9 Å². The van der Waals surface area contributed by atoms with E-state index >= 15 is 0 Å². The molecule has 3 heterocycles. The highest BCUT2D eigenvalue weighted by Crippen LogP contribution is 2.21. The van der Waals surface area contributed by atoms with E-state index in [0.29, 0.717) is 12.3 Å². The number of hydrogen-bond acceptors (Lipinski definition) is 2. The first-order chi connectivity index (χ1) is 9.28. The number of amides is 1. The second-order valence-corrected chi connectivity index (χ2v) is 5.67. The maximum atomic E-state index is 11.9. The van der Waals surface area contributed by atoms with Gasteiger partial charge in [-0.25, -0.2) is 4.98 Å². The maximum absolute atomic E-state index is 11.9. The number of likely N-dealkylation sites (tertiary alicyclic amines) is 1. The minimum atomic E-state index is 0.281. The highest BCUT2D eigenvalue weighted by Gasteiger charge is 2.28. The number of nitrogens with zero attached hydrogens (tertiary/aromatic N) is 2. The number of nitrogens with one attached hydrogen (secondary N) is 1. The first kappa shape index (κ1) is 12.7. The van der Waals surface area contributed by atoms with Crippen LogP contribution in [-0.2, 0) is 11.2 Å². The lowest BCUT2D eigenvalue weighted by Gasteiger charge is -2.16. The lowest BCUT2D eigenvalue weighted by Crippen LogP contribution is -2.27. The van der Waals surface area contributed by atoms with Gasteiger partial charge in [-0.3, -0.25) is 4.79 Å². The SMILES string of the molecule is O=C1CC(CBr)CN1CCc1ccnc2[nH]ccc12. The Morgan fingerprint density at radius 2 is 2.37 bits per heavy atom. The molecule has 0 spiro atoms. The van der Waals surface area contributed by atoms with Gasteiger partial charge in [0.1, 0.15) is 5.65 Å². The highest BCUT2D eigenvalue weighted by molar-refractivity contribution is 9.09. The molecule has 0 bridgehead atoms. The van der Waals surface area contributed by atoms with Gasteiger partial charge < -0.3 is 9.88 Å². The molecule has 3 rings (SSSR count). The van der Waals surface area contributed by atoms with Crippen LogP contribution in [0.3, 0.4) is 0 Å². The summed E-state index contributed by atoms with van der Waals surface area (Å²) in [6, 6.07) is 4.09. The molecule has 1 fully saturated rings. The number of hydrogen-bond donors (Lipinski definition) is 1. The molecule has 19 heavy (non-hydrogen) atoms. The summed E-state index contributed by atoms with van der Waals surface area (Å²) >= 11 is 3.46. The largest absolute Gasteiger partial charge is 0.346 e. The normalized spacial score (nSPS) is 19.5. The van der Waals surface area contributed by atoms with Gasteiger partial charge in [-0.15, -0.1) is 0 Å². The van der Waals surface area contributed by atoms with Gasteiger partial charge in [0.05, 0.1) is 0 Å². The van der Waals surface area contributed by atoms with E-state index in [2.05, 4.69) is 25.9 Å². The molecule has 0 saturated carbocycles. The molecule has 0 aliphatic carbocycles. The van der Waals surface area contributed by atoms with Gasteiger partial charge in [-0.2, -0.15) is 0 Å². The summed E-state index contributed by atoms with van der Waals surface area (Å²) in [7, 11) is 0. The molecule has 1 amide bonds. The van der Waals surface area contributed by atoms with E-state index in [1.54, 1.807) is 0 Å². The van der Waals surface area contributed by atoms with Crippen molar-refractivity contribution in [3.8, 4) is 0 Å². The molecule has 0 aromatic carbocycles. The van der Waals surface area contributed by atoms with Crippen molar-refractivity contribution in [2.45, 2.75) is 12.8 Å². The van der Waals surface area contributed by atoms with Crippen molar-refractivity contribution in [2.24, 2.45) is 5.92 Å². The monoisotopic (exact) mass is 321 g/mol. The molecule has 2 aromatic rings. The summed E-state index contributed by atoms with van der Waals surface area (Å²) in [5, 5.41) is 2.07. The van der Waals surface area contributed by atoms with Crippen LogP contribution in [0.5, 0.6) is 0 Å². The molecule has 1 N–H and O–H groups in total. The third-order valence-electron chi connectivity index (χ3n) is 3.71. The lowest BCUT2D eigenvalue weighted by atomic mass is 10.1. The minimum Gasteiger partial charge on any atom is -0.346 e. The number of aromatic amines is 1. The average molecular weight is 322 g/mol. The first-order valence-electron chi connectivity index (χ1n) is 6.52. The van der Waals surface area contributed by atoms with E-state index in [9.17, 15) is 4.79 Å². The van der Waals surface area contributed by atoms with Crippen LogP contribution in [0.1, 0.15) is 12.0 Å². The summed E-state index contributed by atoms with van der Waals surface area (Å²) in [6.07, 6.45) is 5.29. The zero-order valence-corrected chi connectivity index (χ0v) is 12.2. The van der Waals surface area contributed by atoms with Crippen LogP contribution >= 0.6 is 15.9 Å². The summed E-state index contributed by atoms with van der Waals surface area (Å²) in [5.74, 6) is 0.751. The number of aromatic nitrogens is 2. The summed E-state index contributed by atoms with van der Waals surface area (Å²) in [6.45, 7) is 1.68. The fourth-order valence-corrected chi connectivity index (χ4v) is 3.10. The van der Waals surface area contributed by atoms with Gasteiger partial charge in [0.2, 0.25) is 5.91 Å². The van der Waals surface area contributed by atoms with E-state index in [1.165, 1.54) is 5.56 Å². The number of halogens is 1. The molecule has 2 aromatic heterocycles. The van der Waals surface area contributed by atoms with Crippen molar-refractivity contribution in [3.05, 3.63) is 30.1 Å². The Hall–Kier alpha value is -1.36. The van der Waals surface area contributed by atoms with Crippen molar-refractivity contribution >= 4 is 32.9 Å². The Labute approximate surface area is 120 Å². The van der Waals surface area contributed by atoms with Gasteiger partial charge in [0.15, 0.2) is 0 Å². The topological polar surface area (TPSA) is 49.0 Å². The van der Waals surface area contributed by atoms with Gasteiger partial charge in [0.25, 0.3) is 0 Å². The zero-order chi connectivity index (χ0) is 13.2. The lowest BCUT2D eigenvalue weighted by molar-refractivity contribution is -0.127. The van der Waals surface area contributed by atoms with Crippen molar-refractivity contribution in [2.75, 3.05) is 18.4 Å². The van der Waals surface area contributed by atoms with Crippen LogP contribution < -0.4 is 0 Å². The molecule has 4 nitrogen and oxygen atoms in total. The van der Waals surface area contributed by atoms with Crippen molar-refractivity contribution < 1.29 is 4.79 Å². The Bertz CT molecular complexity index is 595. The molecular weight excluding hydrogens is 306 g/mol. The number of carbonyl (C=O) groups excluding carboxylic acids is 1. The number of pyridine rings is 1. The second kappa shape index (κ2) is 5.33. The molecule has 1 aliphatic rings. The summed E-state index contributed by atoms with van der Waals surface area (Å²) < 4.78 is 0. The zero-order valence-electron chi connectivity index (χ0n) is 10.6. The molecule has 5 heteroatoms. The van der Waals surface area contributed by atoms with Crippen LogP contribution in [0, 0.1) is 5.92 Å². The predicted molar refractivity (Wildman–Crippen MR) is 78.3 cm³/mol. The Kier molecular flexibility index (Phi) is 3.55. The molecule has 1 atom stereocenters. The number of rotatable bonds is 4. The summed E-state index contributed by atoms with van der Waals surface area (Å²) in [5.41, 5.74) is 2.17. The fraction of sp³-hybridized carbons (Fsp3) is 0.429. The van der Waals surface area contributed by atoms with E-state index in [4.69, 9.17) is 0 Å². The molecule has 1 unspecified atom stereocenters. The first-order valence-corrected chi connectivity index (χ1v) is 7.65. The third-order valence-corrected chi connectivity index (χ3v) is 4.63. The predicted octanol–water partition coefficient (Wildman–Crippen LogP) is 2.35. The van der Waals surface area contributed by atoms with Gasteiger partial charge in [-0.05, 0) is 30.0 Å². The number of fused-ring (bicyclic) bond motifs is 1. The molecule has 1 aliphatic heterocycles. The van der Waals surface area contributed by atoms with E-state index in [1.807, 2.05) is 29.4 Å². The quantitative estimate of drug-likeness (QED) is 0.879.